The molecule has 29 heavy (non-hydrogen) atoms. The summed E-state index contributed by atoms with van der Waals surface area (Å²) in [6.45, 7) is -0.274. The summed E-state index contributed by atoms with van der Waals surface area (Å²) in [5.41, 5.74) is 5.58. The van der Waals surface area contributed by atoms with E-state index in [1.807, 2.05) is 24.3 Å². The van der Waals surface area contributed by atoms with E-state index in [0.29, 0.717) is 6.42 Å². The minimum atomic E-state index is -1.14. The highest BCUT2D eigenvalue weighted by Gasteiger charge is 2.54. The molecule has 4 rings (SSSR count). The highest BCUT2D eigenvalue weighted by atomic mass is 16.6. The van der Waals surface area contributed by atoms with E-state index < -0.39 is 28.3 Å². The van der Waals surface area contributed by atoms with Crippen LogP contribution in [0.1, 0.15) is 39.9 Å². The Bertz CT molecular complexity index is 1070. The predicted octanol–water partition coefficient (Wildman–Crippen LogP) is 1.98. The van der Waals surface area contributed by atoms with Gasteiger partial charge in [0.1, 0.15) is 5.54 Å². The van der Waals surface area contributed by atoms with Crippen molar-refractivity contribution in [1.82, 2.24) is 10.2 Å². The molecule has 2 aromatic carbocycles. The second kappa shape index (κ2) is 6.69. The molecule has 1 spiro atoms. The van der Waals surface area contributed by atoms with Crippen LogP contribution in [0.3, 0.4) is 0 Å². The average molecular weight is 394 g/mol. The number of nitrogens with two attached hydrogens (primary N) is 1. The summed E-state index contributed by atoms with van der Waals surface area (Å²) in [4.78, 5) is 49.1. The lowest BCUT2D eigenvalue weighted by Gasteiger charge is -2.33. The van der Waals surface area contributed by atoms with Crippen LogP contribution in [0.15, 0.2) is 42.5 Å². The summed E-state index contributed by atoms with van der Waals surface area (Å²) in [5, 5.41) is 14.3. The Hall–Kier alpha value is -3.75. The van der Waals surface area contributed by atoms with Crippen LogP contribution in [0.25, 0.3) is 0 Å². The fraction of sp³-hybridized carbons (Fsp3) is 0.250. The average Bonchev–Trinajstić information content (AvgIpc) is 2.93. The number of carbonyl (C=O) groups is 3. The Morgan fingerprint density at radius 1 is 1.24 bits per heavy atom. The maximum Gasteiger partial charge on any atom is 0.325 e. The molecule has 1 atom stereocenters. The van der Waals surface area contributed by atoms with E-state index in [0.717, 1.165) is 34.9 Å². The number of nitro groups is 1. The first kappa shape index (κ1) is 18.6. The quantitative estimate of drug-likeness (QED) is 0.464. The van der Waals surface area contributed by atoms with Crippen LogP contribution in [-0.2, 0) is 23.3 Å². The third-order valence-corrected chi connectivity index (χ3v) is 5.55. The molecule has 1 fully saturated rings. The first-order valence-electron chi connectivity index (χ1n) is 9.13. The molecule has 9 heteroatoms. The van der Waals surface area contributed by atoms with Crippen molar-refractivity contribution in [2.24, 2.45) is 5.73 Å². The lowest BCUT2D eigenvalue weighted by Crippen LogP contribution is -2.46. The number of hydrogen-bond acceptors (Lipinski definition) is 5. The number of aryl methyl sites for hydroxylation is 1. The molecule has 1 unspecified atom stereocenters. The topological polar surface area (TPSA) is 136 Å². The molecular formula is C20H18N4O5. The molecule has 2 aliphatic rings. The molecule has 2 aromatic rings. The van der Waals surface area contributed by atoms with Crippen molar-refractivity contribution in [3.63, 3.8) is 0 Å². The van der Waals surface area contributed by atoms with Gasteiger partial charge >= 0.3 is 6.03 Å². The van der Waals surface area contributed by atoms with E-state index in [9.17, 15) is 24.5 Å². The maximum absolute atomic E-state index is 13.3. The number of amides is 4. The summed E-state index contributed by atoms with van der Waals surface area (Å²) < 4.78 is 0. The van der Waals surface area contributed by atoms with Gasteiger partial charge in [0, 0.05) is 17.2 Å². The minimum Gasteiger partial charge on any atom is -0.366 e. The standard InChI is InChI=1S/C20H18N4O5/c21-17(25)13-7-8-14(16(10-13)24(28)29)11-23-18(26)20(22-19(23)27)9-3-5-12-4-1-2-6-15(12)20/h1-2,4,6-8,10H,3,5,9,11H2,(H2,21,25)(H,22,27). The molecule has 0 aromatic heterocycles. The number of carbonyl (C=O) groups excluding carboxylic acids is 3. The number of primary amides is 1. The van der Waals surface area contributed by atoms with Crippen molar-refractivity contribution in [3.8, 4) is 0 Å². The zero-order valence-electron chi connectivity index (χ0n) is 15.4. The largest absolute Gasteiger partial charge is 0.366 e. The van der Waals surface area contributed by atoms with Crippen molar-refractivity contribution in [2.75, 3.05) is 0 Å². The summed E-state index contributed by atoms with van der Waals surface area (Å²) in [6, 6.07) is 10.6. The van der Waals surface area contributed by atoms with Crippen LogP contribution in [0, 0.1) is 10.1 Å². The Morgan fingerprint density at radius 2 is 2.00 bits per heavy atom. The SMILES string of the molecule is NC(=O)c1ccc(CN2C(=O)NC3(CCCc4ccccc43)C2=O)c([N+](=O)[O-])c1. The number of nitrogens with zero attached hydrogens (tertiary/aromatic N) is 2. The van der Waals surface area contributed by atoms with Crippen molar-refractivity contribution in [1.29, 1.82) is 0 Å². The molecule has 9 nitrogen and oxygen atoms in total. The van der Waals surface area contributed by atoms with Crippen LogP contribution in [0.5, 0.6) is 0 Å². The van der Waals surface area contributed by atoms with Gasteiger partial charge in [-0.25, -0.2) is 4.79 Å². The Morgan fingerprint density at radius 3 is 2.72 bits per heavy atom. The van der Waals surface area contributed by atoms with E-state index in [1.165, 1.54) is 12.1 Å². The minimum absolute atomic E-state index is 0.0182. The maximum atomic E-state index is 13.3. The van der Waals surface area contributed by atoms with Gasteiger partial charge in [0.15, 0.2) is 0 Å². The first-order valence-corrected chi connectivity index (χ1v) is 9.13. The highest BCUT2D eigenvalue weighted by molar-refractivity contribution is 6.07. The summed E-state index contributed by atoms with van der Waals surface area (Å²) >= 11 is 0. The highest BCUT2D eigenvalue weighted by Crippen LogP contribution is 2.40. The van der Waals surface area contributed by atoms with Gasteiger partial charge in [0.05, 0.1) is 11.5 Å². The van der Waals surface area contributed by atoms with Crippen molar-refractivity contribution in [3.05, 3.63) is 74.8 Å². The van der Waals surface area contributed by atoms with Crippen LogP contribution in [0.4, 0.5) is 10.5 Å². The molecule has 1 heterocycles. The molecule has 0 saturated carbocycles. The third-order valence-electron chi connectivity index (χ3n) is 5.55. The van der Waals surface area contributed by atoms with E-state index >= 15 is 0 Å². The lowest BCUT2D eigenvalue weighted by atomic mass is 9.76. The fourth-order valence-electron chi connectivity index (χ4n) is 4.15. The summed E-state index contributed by atoms with van der Waals surface area (Å²) in [5.74, 6) is -1.23. The molecule has 0 bridgehead atoms. The number of urea groups is 1. The van der Waals surface area contributed by atoms with Crippen LogP contribution < -0.4 is 11.1 Å². The van der Waals surface area contributed by atoms with Gasteiger partial charge in [-0.3, -0.25) is 24.6 Å². The number of hydrogen-bond donors (Lipinski definition) is 2. The molecule has 148 valence electrons. The number of fused-ring (bicyclic) bond motifs is 2. The molecular weight excluding hydrogens is 376 g/mol. The van der Waals surface area contributed by atoms with Gasteiger partial charge in [-0.05, 0) is 42.5 Å². The number of nitro benzene ring substituents is 1. The van der Waals surface area contributed by atoms with Crippen molar-refractivity contribution >= 4 is 23.5 Å². The second-order valence-corrected chi connectivity index (χ2v) is 7.20. The number of nitrogens with one attached hydrogen (secondary N) is 1. The lowest BCUT2D eigenvalue weighted by molar-refractivity contribution is -0.385. The van der Waals surface area contributed by atoms with Crippen molar-refractivity contribution < 1.29 is 19.3 Å². The second-order valence-electron chi connectivity index (χ2n) is 7.20. The molecule has 1 aliphatic heterocycles. The van der Waals surface area contributed by atoms with Crippen LogP contribution >= 0.6 is 0 Å². The molecule has 3 N–H and O–H groups in total. The van der Waals surface area contributed by atoms with Gasteiger partial charge in [-0.1, -0.05) is 24.3 Å². The van der Waals surface area contributed by atoms with E-state index in [1.54, 1.807) is 0 Å². The third kappa shape index (κ3) is 2.91. The van der Waals surface area contributed by atoms with Crippen molar-refractivity contribution in [2.45, 2.75) is 31.3 Å². The Labute approximate surface area is 165 Å². The molecule has 0 radical (unpaired) electrons. The predicted molar refractivity (Wildman–Crippen MR) is 102 cm³/mol. The first-order chi connectivity index (χ1) is 13.8. The number of rotatable bonds is 4. The van der Waals surface area contributed by atoms with E-state index in [2.05, 4.69) is 5.32 Å². The molecule has 1 aliphatic carbocycles. The zero-order valence-corrected chi connectivity index (χ0v) is 15.4. The van der Waals surface area contributed by atoms with Gasteiger partial charge in [0.25, 0.3) is 11.6 Å². The van der Waals surface area contributed by atoms with Gasteiger partial charge in [0.2, 0.25) is 5.91 Å². The summed E-state index contributed by atoms with van der Waals surface area (Å²) in [6.07, 6.45) is 2.03. The Balaban J connectivity index is 1.70. The smallest absolute Gasteiger partial charge is 0.325 e. The zero-order chi connectivity index (χ0) is 20.8. The van der Waals surface area contributed by atoms with Crippen LogP contribution in [-0.4, -0.2) is 27.7 Å². The van der Waals surface area contributed by atoms with E-state index in [-0.39, 0.29) is 23.4 Å². The summed E-state index contributed by atoms with van der Waals surface area (Å²) in [7, 11) is 0. The van der Waals surface area contributed by atoms with Crippen LogP contribution in [0.2, 0.25) is 0 Å². The van der Waals surface area contributed by atoms with E-state index in [4.69, 9.17) is 5.73 Å². The Kier molecular flexibility index (Phi) is 4.30. The molecule has 4 amide bonds. The number of benzene rings is 2. The number of imide groups is 1. The van der Waals surface area contributed by atoms with Gasteiger partial charge < -0.3 is 11.1 Å². The van der Waals surface area contributed by atoms with Gasteiger partial charge in [-0.2, -0.15) is 0 Å². The monoisotopic (exact) mass is 394 g/mol. The fourth-order valence-corrected chi connectivity index (χ4v) is 4.15. The van der Waals surface area contributed by atoms with Gasteiger partial charge in [-0.15, -0.1) is 0 Å². The normalized spacial score (nSPS) is 20.5. The molecule has 1 saturated heterocycles.